The van der Waals surface area contributed by atoms with Crippen LogP contribution in [0.4, 0.5) is 0 Å². The first-order chi connectivity index (χ1) is 5.25. The van der Waals surface area contributed by atoms with Crippen molar-refractivity contribution in [3.63, 3.8) is 0 Å². The van der Waals surface area contributed by atoms with Gasteiger partial charge in [-0.15, -0.1) is 0 Å². The van der Waals surface area contributed by atoms with Gasteiger partial charge in [0.05, 0.1) is 6.07 Å². The SMILES string of the molecule is CC(C)N(CCC#N)C1CC1. The zero-order chi connectivity index (χ0) is 8.27. The molecule has 0 heterocycles. The van der Waals surface area contributed by atoms with E-state index in [0.29, 0.717) is 12.5 Å². The molecule has 0 saturated heterocycles. The molecule has 0 aromatic heterocycles. The lowest BCUT2D eigenvalue weighted by molar-refractivity contribution is 0.216. The van der Waals surface area contributed by atoms with E-state index in [-0.39, 0.29) is 0 Å². The largest absolute Gasteiger partial charge is 0.297 e. The summed E-state index contributed by atoms with van der Waals surface area (Å²) in [6.45, 7) is 5.37. The molecule has 0 aliphatic heterocycles. The molecule has 11 heavy (non-hydrogen) atoms. The summed E-state index contributed by atoms with van der Waals surface area (Å²) >= 11 is 0. The molecule has 0 amide bonds. The van der Waals surface area contributed by atoms with Crippen molar-refractivity contribution in [3.05, 3.63) is 0 Å². The molecular formula is C9H16N2. The van der Waals surface area contributed by atoms with Gasteiger partial charge in [0.2, 0.25) is 0 Å². The van der Waals surface area contributed by atoms with Gasteiger partial charge in [0.1, 0.15) is 0 Å². The molecule has 0 aromatic carbocycles. The predicted molar refractivity (Wildman–Crippen MR) is 45.1 cm³/mol. The molecule has 0 unspecified atom stereocenters. The summed E-state index contributed by atoms with van der Waals surface area (Å²) in [7, 11) is 0. The number of rotatable bonds is 4. The zero-order valence-corrected chi connectivity index (χ0v) is 7.38. The van der Waals surface area contributed by atoms with E-state index in [2.05, 4.69) is 24.8 Å². The first kappa shape index (κ1) is 8.55. The Morgan fingerprint density at radius 2 is 2.18 bits per heavy atom. The highest BCUT2D eigenvalue weighted by molar-refractivity contribution is 4.87. The van der Waals surface area contributed by atoms with Crippen LogP contribution in [0.3, 0.4) is 0 Å². The minimum Gasteiger partial charge on any atom is -0.297 e. The van der Waals surface area contributed by atoms with Crippen molar-refractivity contribution in [1.82, 2.24) is 4.90 Å². The summed E-state index contributed by atoms with van der Waals surface area (Å²) in [5, 5.41) is 8.42. The molecule has 1 saturated carbocycles. The van der Waals surface area contributed by atoms with Crippen molar-refractivity contribution < 1.29 is 0 Å². The van der Waals surface area contributed by atoms with Crippen LogP contribution in [-0.4, -0.2) is 23.5 Å². The lowest BCUT2D eigenvalue weighted by Crippen LogP contribution is -2.33. The number of nitriles is 1. The van der Waals surface area contributed by atoms with Gasteiger partial charge in [0.15, 0.2) is 0 Å². The highest BCUT2D eigenvalue weighted by Gasteiger charge is 2.29. The molecule has 0 spiro atoms. The van der Waals surface area contributed by atoms with E-state index in [1.54, 1.807) is 0 Å². The van der Waals surface area contributed by atoms with Crippen molar-refractivity contribution in [2.75, 3.05) is 6.54 Å². The van der Waals surface area contributed by atoms with Crippen LogP contribution in [-0.2, 0) is 0 Å². The van der Waals surface area contributed by atoms with Gasteiger partial charge in [0.25, 0.3) is 0 Å². The van der Waals surface area contributed by atoms with E-state index in [1.807, 2.05) is 0 Å². The summed E-state index contributed by atoms with van der Waals surface area (Å²) in [6.07, 6.45) is 3.35. The second-order valence-electron chi connectivity index (χ2n) is 3.47. The number of hydrogen-bond donors (Lipinski definition) is 0. The first-order valence-electron chi connectivity index (χ1n) is 4.38. The Balaban J connectivity index is 2.28. The van der Waals surface area contributed by atoms with Crippen LogP contribution in [0, 0.1) is 11.3 Å². The molecule has 1 aliphatic carbocycles. The summed E-state index contributed by atoms with van der Waals surface area (Å²) in [6, 6.07) is 3.60. The van der Waals surface area contributed by atoms with E-state index in [1.165, 1.54) is 12.8 Å². The maximum atomic E-state index is 8.42. The van der Waals surface area contributed by atoms with E-state index >= 15 is 0 Å². The second kappa shape index (κ2) is 3.73. The molecule has 1 fully saturated rings. The van der Waals surface area contributed by atoms with Gasteiger partial charge in [0, 0.05) is 25.0 Å². The van der Waals surface area contributed by atoms with Crippen LogP contribution in [0.25, 0.3) is 0 Å². The minimum absolute atomic E-state index is 0.607. The van der Waals surface area contributed by atoms with Crippen molar-refractivity contribution in [2.45, 2.75) is 45.2 Å². The lowest BCUT2D eigenvalue weighted by Gasteiger charge is -2.24. The van der Waals surface area contributed by atoms with Crippen LogP contribution in [0.2, 0.25) is 0 Å². The third kappa shape index (κ3) is 2.51. The Morgan fingerprint density at radius 3 is 2.55 bits per heavy atom. The molecule has 1 rings (SSSR count). The number of hydrogen-bond acceptors (Lipinski definition) is 2. The van der Waals surface area contributed by atoms with Crippen LogP contribution in [0.15, 0.2) is 0 Å². The second-order valence-corrected chi connectivity index (χ2v) is 3.47. The van der Waals surface area contributed by atoms with Crippen LogP contribution in [0.5, 0.6) is 0 Å². The van der Waals surface area contributed by atoms with Gasteiger partial charge in [-0.2, -0.15) is 5.26 Å². The third-order valence-corrected chi connectivity index (χ3v) is 2.16. The van der Waals surface area contributed by atoms with Gasteiger partial charge < -0.3 is 0 Å². The average molecular weight is 152 g/mol. The Labute approximate surface area is 68.8 Å². The highest BCUT2D eigenvalue weighted by Crippen LogP contribution is 2.28. The molecule has 0 radical (unpaired) electrons. The topological polar surface area (TPSA) is 27.0 Å². The molecule has 0 bridgehead atoms. The summed E-state index contributed by atoms with van der Waals surface area (Å²) in [5.74, 6) is 0. The van der Waals surface area contributed by atoms with Gasteiger partial charge >= 0.3 is 0 Å². The van der Waals surface area contributed by atoms with Crippen molar-refractivity contribution >= 4 is 0 Å². The van der Waals surface area contributed by atoms with Crippen LogP contribution >= 0.6 is 0 Å². The molecule has 62 valence electrons. The molecule has 0 N–H and O–H groups in total. The molecule has 2 heteroatoms. The van der Waals surface area contributed by atoms with E-state index in [4.69, 9.17) is 5.26 Å². The summed E-state index contributed by atoms with van der Waals surface area (Å²) in [5.41, 5.74) is 0. The Kier molecular flexibility index (Phi) is 2.90. The molecule has 1 aliphatic rings. The lowest BCUT2D eigenvalue weighted by atomic mass is 10.3. The van der Waals surface area contributed by atoms with Gasteiger partial charge in [-0.25, -0.2) is 0 Å². The molecule has 0 aromatic rings. The molecule has 2 nitrogen and oxygen atoms in total. The summed E-state index contributed by atoms with van der Waals surface area (Å²) < 4.78 is 0. The predicted octanol–water partition coefficient (Wildman–Crippen LogP) is 1.77. The van der Waals surface area contributed by atoms with Gasteiger partial charge in [-0.1, -0.05) is 0 Å². The molecule has 0 atom stereocenters. The fraction of sp³-hybridized carbons (Fsp3) is 0.889. The first-order valence-corrected chi connectivity index (χ1v) is 4.38. The van der Waals surface area contributed by atoms with Crippen LogP contribution < -0.4 is 0 Å². The maximum Gasteiger partial charge on any atom is 0.0635 e. The smallest absolute Gasteiger partial charge is 0.0635 e. The average Bonchev–Trinajstić information content (AvgIpc) is 2.71. The van der Waals surface area contributed by atoms with Gasteiger partial charge in [-0.3, -0.25) is 4.90 Å². The zero-order valence-electron chi connectivity index (χ0n) is 7.38. The quantitative estimate of drug-likeness (QED) is 0.614. The number of nitrogens with zero attached hydrogens (tertiary/aromatic N) is 2. The highest BCUT2D eigenvalue weighted by atomic mass is 15.2. The fourth-order valence-electron chi connectivity index (χ4n) is 1.45. The van der Waals surface area contributed by atoms with E-state index in [0.717, 1.165) is 12.6 Å². The monoisotopic (exact) mass is 152 g/mol. The summed E-state index contributed by atoms with van der Waals surface area (Å²) in [4.78, 5) is 2.43. The fourth-order valence-corrected chi connectivity index (χ4v) is 1.45. The van der Waals surface area contributed by atoms with Gasteiger partial charge in [-0.05, 0) is 26.7 Å². The van der Waals surface area contributed by atoms with Crippen LogP contribution in [0.1, 0.15) is 33.1 Å². The normalized spacial score (nSPS) is 17.4. The van der Waals surface area contributed by atoms with Crippen molar-refractivity contribution in [2.24, 2.45) is 0 Å². The van der Waals surface area contributed by atoms with Crippen molar-refractivity contribution in [1.29, 1.82) is 5.26 Å². The maximum absolute atomic E-state index is 8.42. The Hall–Kier alpha value is -0.550. The minimum atomic E-state index is 0.607. The third-order valence-electron chi connectivity index (χ3n) is 2.16. The van der Waals surface area contributed by atoms with E-state index < -0.39 is 0 Å². The molecular weight excluding hydrogens is 136 g/mol. The Morgan fingerprint density at radius 1 is 1.55 bits per heavy atom. The standard InChI is InChI=1S/C9H16N2/c1-8(2)11(7-3-6-10)9-4-5-9/h8-9H,3-5,7H2,1-2H3. The van der Waals surface area contributed by atoms with Crippen molar-refractivity contribution in [3.8, 4) is 6.07 Å². The van der Waals surface area contributed by atoms with E-state index in [9.17, 15) is 0 Å². The Bertz CT molecular complexity index is 151.